The van der Waals surface area contributed by atoms with Gasteiger partial charge in [-0.05, 0) is 31.0 Å². The van der Waals surface area contributed by atoms with E-state index < -0.39 is 5.97 Å². The standard InChI is InChI=1S/C13H12O3/c1-7-8(2)12(13(15)16)9-5-3-4-6-10(14)11(7)9/h3-6,14H,1-2H3,(H,15,16). The van der Waals surface area contributed by atoms with Crippen LogP contribution in [-0.2, 0) is 0 Å². The second kappa shape index (κ2) is 3.52. The Hall–Kier alpha value is -2.03. The topological polar surface area (TPSA) is 57.5 Å². The lowest BCUT2D eigenvalue weighted by atomic mass is 10.1. The van der Waals surface area contributed by atoms with Crippen molar-refractivity contribution in [3.63, 3.8) is 0 Å². The molecule has 2 aliphatic carbocycles. The number of hydrogen-bond donors (Lipinski definition) is 2. The maximum atomic E-state index is 11.2. The van der Waals surface area contributed by atoms with E-state index in [1.54, 1.807) is 31.2 Å². The molecule has 3 heteroatoms. The molecule has 0 saturated carbocycles. The second-order valence-corrected chi connectivity index (χ2v) is 3.82. The summed E-state index contributed by atoms with van der Waals surface area (Å²) in [4.78, 5) is 11.2. The van der Waals surface area contributed by atoms with Crippen molar-refractivity contribution in [2.75, 3.05) is 0 Å². The highest BCUT2D eigenvalue weighted by Crippen LogP contribution is 2.40. The molecule has 0 aromatic rings. The van der Waals surface area contributed by atoms with Crippen molar-refractivity contribution in [2.24, 2.45) is 0 Å². The molecule has 16 heavy (non-hydrogen) atoms. The molecule has 0 spiro atoms. The molecule has 0 aromatic heterocycles. The summed E-state index contributed by atoms with van der Waals surface area (Å²) < 4.78 is 0. The van der Waals surface area contributed by atoms with Crippen molar-refractivity contribution < 1.29 is 15.0 Å². The van der Waals surface area contributed by atoms with Crippen molar-refractivity contribution in [1.82, 2.24) is 0 Å². The van der Waals surface area contributed by atoms with E-state index in [9.17, 15) is 9.90 Å². The highest BCUT2D eigenvalue weighted by molar-refractivity contribution is 6.02. The van der Waals surface area contributed by atoms with Crippen LogP contribution >= 0.6 is 0 Å². The van der Waals surface area contributed by atoms with Crippen LogP contribution in [0.1, 0.15) is 21.5 Å². The Morgan fingerprint density at radius 2 is 1.75 bits per heavy atom. The SMILES string of the molecule is Cc1c(C)c2c(O)ccccc-2c1C(=O)O. The Balaban J connectivity index is 2.92. The Morgan fingerprint density at radius 3 is 2.38 bits per heavy atom. The maximum absolute atomic E-state index is 11.2. The van der Waals surface area contributed by atoms with Gasteiger partial charge in [-0.25, -0.2) is 4.79 Å². The van der Waals surface area contributed by atoms with Crippen LogP contribution in [0.3, 0.4) is 0 Å². The first-order valence-electron chi connectivity index (χ1n) is 4.98. The molecule has 0 atom stereocenters. The first kappa shape index (κ1) is 10.5. The number of carboxylic acids is 1. The van der Waals surface area contributed by atoms with Crippen LogP contribution in [0.2, 0.25) is 0 Å². The molecule has 0 fully saturated rings. The predicted octanol–water partition coefficient (Wildman–Crippen LogP) is 2.81. The van der Waals surface area contributed by atoms with Gasteiger partial charge < -0.3 is 10.2 Å². The van der Waals surface area contributed by atoms with Crippen LogP contribution in [0.25, 0.3) is 11.1 Å². The monoisotopic (exact) mass is 216 g/mol. The van der Waals surface area contributed by atoms with E-state index in [0.717, 1.165) is 5.56 Å². The van der Waals surface area contributed by atoms with Gasteiger partial charge in [-0.15, -0.1) is 0 Å². The molecular formula is C13H12O3. The van der Waals surface area contributed by atoms with Gasteiger partial charge in [-0.2, -0.15) is 0 Å². The molecule has 0 aliphatic heterocycles. The fourth-order valence-corrected chi connectivity index (χ4v) is 2.06. The molecule has 0 bridgehead atoms. The van der Waals surface area contributed by atoms with Gasteiger partial charge >= 0.3 is 5.97 Å². The van der Waals surface area contributed by atoms with Crippen molar-refractivity contribution in [3.05, 3.63) is 41.0 Å². The Morgan fingerprint density at radius 1 is 1.12 bits per heavy atom. The quantitative estimate of drug-likeness (QED) is 0.770. The molecule has 0 heterocycles. The Labute approximate surface area is 93.3 Å². The number of carbonyl (C=O) groups is 1. The van der Waals surface area contributed by atoms with Gasteiger partial charge in [0.25, 0.3) is 0 Å². The number of hydrogen-bond acceptors (Lipinski definition) is 2. The van der Waals surface area contributed by atoms with Gasteiger partial charge in [0.05, 0.1) is 5.56 Å². The Kier molecular flexibility index (Phi) is 2.31. The first-order valence-corrected chi connectivity index (χ1v) is 4.98. The van der Waals surface area contributed by atoms with Crippen LogP contribution in [0.4, 0.5) is 0 Å². The fourth-order valence-electron chi connectivity index (χ4n) is 2.06. The van der Waals surface area contributed by atoms with Crippen LogP contribution in [0, 0.1) is 13.8 Å². The summed E-state index contributed by atoms with van der Waals surface area (Å²) >= 11 is 0. The van der Waals surface area contributed by atoms with E-state index in [4.69, 9.17) is 5.11 Å². The Bertz CT molecular complexity index is 544. The molecule has 82 valence electrons. The number of fused-ring (bicyclic) bond motifs is 1. The normalized spacial score (nSPS) is 10.6. The van der Waals surface area contributed by atoms with Gasteiger partial charge in [0, 0.05) is 11.1 Å². The largest absolute Gasteiger partial charge is 0.507 e. The zero-order valence-corrected chi connectivity index (χ0v) is 9.11. The van der Waals surface area contributed by atoms with Crippen LogP contribution in [0.5, 0.6) is 5.75 Å². The zero-order chi connectivity index (χ0) is 11.9. The average molecular weight is 216 g/mol. The van der Waals surface area contributed by atoms with Crippen molar-refractivity contribution in [2.45, 2.75) is 13.8 Å². The van der Waals surface area contributed by atoms with E-state index >= 15 is 0 Å². The molecule has 2 aliphatic rings. The highest BCUT2D eigenvalue weighted by Gasteiger charge is 2.23. The van der Waals surface area contributed by atoms with Crippen molar-refractivity contribution in [3.8, 4) is 16.9 Å². The third-order valence-electron chi connectivity index (χ3n) is 2.95. The molecule has 3 nitrogen and oxygen atoms in total. The molecule has 0 saturated heterocycles. The van der Waals surface area contributed by atoms with E-state index in [-0.39, 0.29) is 11.3 Å². The van der Waals surface area contributed by atoms with E-state index in [1.807, 2.05) is 6.92 Å². The number of rotatable bonds is 1. The van der Waals surface area contributed by atoms with Crippen LogP contribution in [0.15, 0.2) is 24.3 Å². The van der Waals surface area contributed by atoms with E-state index in [0.29, 0.717) is 16.7 Å². The minimum atomic E-state index is -0.957. The smallest absolute Gasteiger partial charge is 0.336 e. The fraction of sp³-hybridized carbons (Fsp3) is 0.154. The lowest BCUT2D eigenvalue weighted by Gasteiger charge is -1.99. The van der Waals surface area contributed by atoms with Crippen LogP contribution < -0.4 is 0 Å². The number of carboxylic acid groups (broad SMARTS) is 1. The first-order chi connectivity index (χ1) is 7.54. The molecule has 0 aromatic carbocycles. The number of aromatic hydroxyl groups is 1. The molecule has 0 unspecified atom stereocenters. The molecule has 2 N–H and O–H groups in total. The summed E-state index contributed by atoms with van der Waals surface area (Å²) in [6, 6.07) is 6.71. The van der Waals surface area contributed by atoms with Crippen molar-refractivity contribution in [1.29, 1.82) is 0 Å². The lowest BCUT2D eigenvalue weighted by Crippen LogP contribution is -1.97. The zero-order valence-electron chi connectivity index (χ0n) is 9.11. The van der Waals surface area contributed by atoms with Gasteiger partial charge in [-0.1, -0.05) is 18.2 Å². The minimum absolute atomic E-state index is 0.119. The third-order valence-corrected chi connectivity index (χ3v) is 2.95. The molecule has 2 rings (SSSR count). The van der Waals surface area contributed by atoms with Gasteiger partial charge in [0.15, 0.2) is 0 Å². The molecule has 0 radical (unpaired) electrons. The van der Waals surface area contributed by atoms with Gasteiger partial charge in [-0.3, -0.25) is 0 Å². The second-order valence-electron chi connectivity index (χ2n) is 3.82. The molecule has 0 amide bonds. The maximum Gasteiger partial charge on any atom is 0.336 e. The van der Waals surface area contributed by atoms with E-state index in [2.05, 4.69) is 0 Å². The third kappa shape index (κ3) is 1.33. The predicted molar refractivity (Wildman–Crippen MR) is 61.2 cm³/mol. The van der Waals surface area contributed by atoms with E-state index in [1.165, 1.54) is 0 Å². The lowest BCUT2D eigenvalue weighted by molar-refractivity contribution is 0.0697. The summed E-state index contributed by atoms with van der Waals surface area (Å²) in [5.74, 6) is -0.839. The summed E-state index contributed by atoms with van der Waals surface area (Å²) in [6.45, 7) is 3.59. The summed E-state index contributed by atoms with van der Waals surface area (Å²) in [6.07, 6.45) is 0. The summed E-state index contributed by atoms with van der Waals surface area (Å²) in [5, 5.41) is 19.0. The molecular weight excluding hydrogens is 204 g/mol. The minimum Gasteiger partial charge on any atom is -0.507 e. The summed E-state index contributed by atoms with van der Waals surface area (Å²) in [5.41, 5.74) is 3.02. The average Bonchev–Trinajstić information content (AvgIpc) is 2.35. The highest BCUT2D eigenvalue weighted by atomic mass is 16.4. The van der Waals surface area contributed by atoms with Gasteiger partial charge in [0.2, 0.25) is 0 Å². The van der Waals surface area contributed by atoms with Gasteiger partial charge in [0.1, 0.15) is 5.75 Å². The van der Waals surface area contributed by atoms with Crippen molar-refractivity contribution >= 4 is 5.97 Å². The number of aromatic carboxylic acids is 1. The van der Waals surface area contributed by atoms with Crippen LogP contribution in [-0.4, -0.2) is 16.2 Å². The summed E-state index contributed by atoms with van der Waals surface area (Å²) in [7, 11) is 0.